The summed E-state index contributed by atoms with van der Waals surface area (Å²) >= 11 is 6.85. The van der Waals surface area contributed by atoms with Crippen LogP contribution in [0.15, 0.2) is 0 Å². The number of thiocarbonyl (C=S) groups is 1. The fourth-order valence-corrected chi connectivity index (χ4v) is 2.07. The van der Waals surface area contributed by atoms with E-state index < -0.39 is 0 Å². The third-order valence-corrected chi connectivity index (χ3v) is 3.03. The van der Waals surface area contributed by atoms with Gasteiger partial charge in [0.2, 0.25) is 0 Å². The van der Waals surface area contributed by atoms with Gasteiger partial charge < -0.3 is 9.74 Å². The SMILES string of the molecule is CON(C)CN1CCSC1=S. The van der Waals surface area contributed by atoms with E-state index in [1.807, 2.05) is 7.05 Å². The predicted molar refractivity (Wildman–Crippen MR) is 51.4 cm³/mol. The van der Waals surface area contributed by atoms with Crippen molar-refractivity contribution in [3.8, 4) is 0 Å². The summed E-state index contributed by atoms with van der Waals surface area (Å²) in [6.07, 6.45) is 0. The van der Waals surface area contributed by atoms with E-state index in [9.17, 15) is 0 Å². The molecule has 0 spiro atoms. The maximum absolute atomic E-state index is 5.11. The van der Waals surface area contributed by atoms with E-state index in [4.69, 9.17) is 17.1 Å². The highest BCUT2D eigenvalue weighted by atomic mass is 32.2. The van der Waals surface area contributed by atoms with Crippen LogP contribution < -0.4 is 0 Å². The molecular formula is C6H12N2OS2. The van der Waals surface area contributed by atoms with Gasteiger partial charge in [0.25, 0.3) is 0 Å². The lowest BCUT2D eigenvalue weighted by atomic mass is 10.6. The fraction of sp³-hybridized carbons (Fsp3) is 0.833. The van der Waals surface area contributed by atoms with Crippen molar-refractivity contribution in [1.82, 2.24) is 9.96 Å². The van der Waals surface area contributed by atoms with Gasteiger partial charge in [-0.15, -0.1) is 0 Å². The zero-order valence-electron chi connectivity index (χ0n) is 6.74. The number of hydrogen-bond donors (Lipinski definition) is 0. The Morgan fingerprint density at radius 3 is 3.00 bits per heavy atom. The van der Waals surface area contributed by atoms with Crippen molar-refractivity contribution in [3.63, 3.8) is 0 Å². The molecule has 0 amide bonds. The van der Waals surface area contributed by atoms with Crippen LogP contribution in [-0.2, 0) is 4.84 Å². The van der Waals surface area contributed by atoms with Gasteiger partial charge in [-0.1, -0.05) is 24.0 Å². The van der Waals surface area contributed by atoms with Crippen molar-refractivity contribution in [2.75, 3.05) is 33.1 Å². The predicted octanol–water partition coefficient (Wildman–Crippen LogP) is 0.771. The van der Waals surface area contributed by atoms with Crippen LogP contribution in [0.1, 0.15) is 0 Å². The van der Waals surface area contributed by atoms with Crippen molar-refractivity contribution in [1.29, 1.82) is 0 Å². The molecule has 1 rings (SSSR count). The molecule has 0 bridgehead atoms. The number of thioether (sulfide) groups is 1. The summed E-state index contributed by atoms with van der Waals surface area (Å²) in [5.41, 5.74) is 0. The molecular weight excluding hydrogens is 180 g/mol. The molecule has 64 valence electrons. The molecule has 0 saturated carbocycles. The lowest BCUT2D eigenvalue weighted by Crippen LogP contribution is -2.34. The lowest BCUT2D eigenvalue weighted by molar-refractivity contribution is -0.127. The van der Waals surface area contributed by atoms with Crippen LogP contribution in [0.2, 0.25) is 0 Å². The largest absolute Gasteiger partial charge is 0.342 e. The Kier molecular flexibility index (Phi) is 3.58. The molecule has 1 heterocycles. The Morgan fingerprint density at radius 1 is 1.82 bits per heavy atom. The van der Waals surface area contributed by atoms with Gasteiger partial charge in [-0.25, -0.2) is 0 Å². The van der Waals surface area contributed by atoms with E-state index in [-0.39, 0.29) is 0 Å². The Labute approximate surface area is 76.6 Å². The molecule has 0 aromatic rings. The van der Waals surface area contributed by atoms with Crippen LogP contribution in [0.5, 0.6) is 0 Å². The minimum Gasteiger partial charge on any atom is -0.342 e. The molecule has 0 unspecified atom stereocenters. The fourth-order valence-electron chi connectivity index (χ4n) is 0.852. The van der Waals surface area contributed by atoms with Crippen LogP contribution in [-0.4, -0.2) is 47.4 Å². The quantitative estimate of drug-likeness (QED) is 0.483. The maximum atomic E-state index is 5.11. The van der Waals surface area contributed by atoms with E-state index in [2.05, 4.69) is 4.90 Å². The van der Waals surface area contributed by atoms with Gasteiger partial charge in [0.15, 0.2) is 0 Å². The molecule has 1 saturated heterocycles. The number of nitrogens with zero attached hydrogens (tertiary/aromatic N) is 2. The molecule has 0 N–H and O–H groups in total. The molecule has 0 radical (unpaired) electrons. The number of hydroxylamine groups is 2. The Balaban J connectivity index is 2.30. The summed E-state index contributed by atoms with van der Waals surface area (Å²) in [6.45, 7) is 1.81. The second-order valence-electron chi connectivity index (χ2n) is 2.33. The molecule has 0 aromatic heterocycles. The Bertz CT molecular complexity index is 154. The summed E-state index contributed by atoms with van der Waals surface area (Å²) in [4.78, 5) is 7.11. The van der Waals surface area contributed by atoms with Crippen LogP contribution in [0.3, 0.4) is 0 Å². The van der Waals surface area contributed by atoms with E-state index in [0.717, 1.165) is 23.3 Å². The van der Waals surface area contributed by atoms with Gasteiger partial charge >= 0.3 is 0 Å². The van der Waals surface area contributed by atoms with Crippen LogP contribution in [0, 0.1) is 0 Å². The first-order valence-corrected chi connectivity index (χ1v) is 4.80. The highest BCUT2D eigenvalue weighted by molar-refractivity contribution is 8.23. The normalized spacial score (nSPS) is 18.5. The van der Waals surface area contributed by atoms with Crippen molar-refractivity contribution in [3.05, 3.63) is 0 Å². The zero-order chi connectivity index (χ0) is 8.27. The van der Waals surface area contributed by atoms with Crippen LogP contribution in [0.25, 0.3) is 0 Å². The topological polar surface area (TPSA) is 15.7 Å². The highest BCUT2D eigenvalue weighted by Crippen LogP contribution is 2.17. The maximum Gasteiger partial charge on any atom is 0.137 e. The van der Waals surface area contributed by atoms with E-state index in [0.29, 0.717) is 0 Å². The Hall–Kier alpha value is 0.160. The van der Waals surface area contributed by atoms with Gasteiger partial charge in [0.1, 0.15) is 4.32 Å². The van der Waals surface area contributed by atoms with E-state index >= 15 is 0 Å². The molecule has 0 aromatic carbocycles. The molecule has 3 nitrogen and oxygen atoms in total. The van der Waals surface area contributed by atoms with Crippen molar-refractivity contribution >= 4 is 28.3 Å². The van der Waals surface area contributed by atoms with Gasteiger partial charge in [-0.05, 0) is 0 Å². The summed E-state index contributed by atoms with van der Waals surface area (Å²) in [5, 5.41) is 1.76. The Morgan fingerprint density at radius 2 is 2.55 bits per heavy atom. The molecule has 1 fully saturated rings. The first kappa shape index (κ1) is 9.25. The summed E-state index contributed by atoms with van der Waals surface area (Å²) in [6, 6.07) is 0. The molecule has 11 heavy (non-hydrogen) atoms. The van der Waals surface area contributed by atoms with Gasteiger partial charge in [-0.3, -0.25) is 0 Å². The molecule has 0 aliphatic carbocycles. The summed E-state index contributed by atoms with van der Waals surface area (Å²) < 4.78 is 0.980. The molecule has 0 atom stereocenters. The summed E-state index contributed by atoms with van der Waals surface area (Å²) in [5.74, 6) is 1.11. The van der Waals surface area contributed by atoms with E-state index in [1.165, 1.54) is 0 Å². The highest BCUT2D eigenvalue weighted by Gasteiger charge is 2.17. The molecule has 1 aliphatic rings. The van der Waals surface area contributed by atoms with Crippen molar-refractivity contribution in [2.24, 2.45) is 0 Å². The minimum atomic E-state index is 0.766. The first-order chi connectivity index (χ1) is 5.24. The van der Waals surface area contributed by atoms with Gasteiger partial charge in [-0.2, -0.15) is 5.06 Å². The third kappa shape index (κ3) is 2.59. The first-order valence-electron chi connectivity index (χ1n) is 3.41. The zero-order valence-corrected chi connectivity index (χ0v) is 8.37. The van der Waals surface area contributed by atoms with Crippen molar-refractivity contribution in [2.45, 2.75) is 0 Å². The van der Waals surface area contributed by atoms with Gasteiger partial charge in [0, 0.05) is 19.3 Å². The van der Waals surface area contributed by atoms with Crippen LogP contribution >= 0.6 is 24.0 Å². The van der Waals surface area contributed by atoms with Crippen LogP contribution in [0.4, 0.5) is 0 Å². The third-order valence-electron chi connectivity index (χ3n) is 1.53. The monoisotopic (exact) mass is 192 g/mol. The second kappa shape index (κ2) is 4.25. The van der Waals surface area contributed by atoms with Crippen molar-refractivity contribution < 1.29 is 4.84 Å². The minimum absolute atomic E-state index is 0.766. The average Bonchev–Trinajstić information content (AvgIpc) is 2.37. The van der Waals surface area contributed by atoms with Gasteiger partial charge in [0.05, 0.1) is 13.8 Å². The smallest absolute Gasteiger partial charge is 0.137 e. The average molecular weight is 192 g/mol. The standard InChI is InChI=1S/C6H12N2OS2/c1-7(9-2)5-8-3-4-11-6(8)10/h3-5H2,1-2H3. The number of rotatable bonds is 3. The second-order valence-corrected chi connectivity index (χ2v) is 4.06. The van der Waals surface area contributed by atoms with E-state index in [1.54, 1.807) is 23.9 Å². The molecule has 5 heteroatoms. The number of hydrogen-bond acceptors (Lipinski definition) is 4. The lowest BCUT2D eigenvalue weighted by Gasteiger charge is -2.22. The molecule has 1 aliphatic heterocycles. The summed E-state index contributed by atoms with van der Waals surface area (Å²) in [7, 11) is 3.55.